The van der Waals surface area contributed by atoms with Gasteiger partial charge in [0.15, 0.2) is 5.96 Å². The normalized spacial score (nSPS) is 12.1. The number of benzene rings is 1. The standard InChI is InChI=1S/C19H34N4O3S/c1-5-20-19(22-11-13-26-14-15-27(4,24)25)21-10-12-23(6-2)18-9-7-8-17(3)16-18/h7-9,16H,5-6,10-15H2,1-4H3,(H2,20,21,22). The molecule has 1 aromatic rings. The molecule has 27 heavy (non-hydrogen) atoms. The average Bonchev–Trinajstić information content (AvgIpc) is 2.60. The van der Waals surface area contributed by atoms with Gasteiger partial charge >= 0.3 is 0 Å². The van der Waals surface area contributed by atoms with Gasteiger partial charge in [-0.2, -0.15) is 0 Å². The predicted molar refractivity (Wildman–Crippen MR) is 114 cm³/mol. The number of hydrogen-bond donors (Lipinski definition) is 2. The number of ether oxygens (including phenoxy) is 1. The minimum atomic E-state index is -2.97. The third-order valence-electron chi connectivity index (χ3n) is 3.87. The van der Waals surface area contributed by atoms with E-state index in [9.17, 15) is 8.42 Å². The second-order valence-corrected chi connectivity index (χ2v) is 8.61. The van der Waals surface area contributed by atoms with Crippen molar-refractivity contribution in [1.29, 1.82) is 0 Å². The highest BCUT2D eigenvalue weighted by atomic mass is 32.2. The molecular formula is C19H34N4O3S. The number of rotatable bonds is 12. The molecule has 0 atom stereocenters. The number of hydrogen-bond acceptors (Lipinski definition) is 5. The highest BCUT2D eigenvalue weighted by Crippen LogP contribution is 2.14. The van der Waals surface area contributed by atoms with Gasteiger partial charge in [0, 0.05) is 38.1 Å². The van der Waals surface area contributed by atoms with Crippen LogP contribution in [0.4, 0.5) is 5.69 Å². The van der Waals surface area contributed by atoms with Crippen LogP contribution in [0.1, 0.15) is 19.4 Å². The van der Waals surface area contributed by atoms with Crippen molar-refractivity contribution in [3.8, 4) is 0 Å². The highest BCUT2D eigenvalue weighted by Gasteiger charge is 2.05. The van der Waals surface area contributed by atoms with Crippen LogP contribution in [0.3, 0.4) is 0 Å². The first kappa shape index (κ1) is 23.2. The first-order valence-electron chi connectivity index (χ1n) is 9.45. The molecule has 1 aromatic carbocycles. The summed E-state index contributed by atoms with van der Waals surface area (Å²) in [5, 5.41) is 6.54. The Kier molecular flexibility index (Phi) is 10.8. The van der Waals surface area contributed by atoms with Crippen LogP contribution in [-0.2, 0) is 14.6 Å². The summed E-state index contributed by atoms with van der Waals surface area (Å²) in [5.74, 6) is 0.783. The number of nitrogens with zero attached hydrogens (tertiary/aromatic N) is 2. The van der Waals surface area contributed by atoms with Gasteiger partial charge in [-0.1, -0.05) is 12.1 Å². The zero-order valence-corrected chi connectivity index (χ0v) is 17.8. The summed E-state index contributed by atoms with van der Waals surface area (Å²) in [7, 11) is -2.97. The zero-order valence-electron chi connectivity index (χ0n) is 17.0. The van der Waals surface area contributed by atoms with E-state index in [1.165, 1.54) is 17.5 Å². The maximum atomic E-state index is 11.0. The molecule has 2 N–H and O–H groups in total. The lowest BCUT2D eigenvalue weighted by molar-refractivity contribution is 0.157. The minimum Gasteiger partial charge on any atom is -0.378 e. The fraction of sp³-hybridized carbons (Fsp3) is 0.632. The van der Waals surface area contributed by atoms with E-state index in [1.807, 2.05) is 6.92 Å². The SMILES string of the molecule is CCNC(=NCCOCCS(C)(=O)=O)NCCN(CC)c1cccc(C)c1. The van der Waals surface area contributed by atoms with Crippen LogP contribution in [-0.4, -0.2) is 72.3 Å². The lowest BCUT2D eigenvalue weighted by Crippen LogP contribution is -2.42. The largest absolute Gasteiger partial charge is 0.378 e. The van der Waals surface area contributed by atoms with Crippen molar-refractivity contribution >= 4 is 21.5 Å². The average molecular weight is 399 g/mol. The molecule has 0 aliphatic heterocycles. The lowest BCUT2D eigenvalue weighted by Gasteiger charge is -2.24. The molecule has 0 aromatic heterocycles. The van der Waals surface area contributed by atoms with Crippen molar-refractivity contribution in [3.63, 3.8) is 0 Å². The van der Waals surface area contributed by atoms with Crippen LogP contribution in [0, 0.1) is 6.92 Å². The van der Waals surface area contributed by atoms with E-state index < -0.39 is 9.84 Å². The second kappa shape index (κ2) is 12.6. The number of guanidine groups is 1. The van der Waals surface area contributed by atoms with Gasteiger partial charge in [0.2, 0.25) is 0 Å². The molecule has 1 rings (SSSR count). The molecule has 154 valence electrons. The van der Waals surface area contributed by atoms with Crippen LogP contribution in [0.15, 0.2) is 29.3 Å². The minimum absolute atomic E-state index is 0.0425. The van der Waals surface area contributed by atoms with E-state index in [1.54, 1.807) is 0 Å². The lowest BCUT2D eigenvalue weighted by atomic mass is 10.2. The molecule has 0 fully saturated rings. The molecule has 0 radical (unpaired) electrons. The highest BCUT2D eigenvalue weighted by molar-refractivity contribution is 7.90. The smallest absolute Gasteiger partial charge is 0.191 e. The molecule has 0 saturated carbocycles. The molecule has 0 unspecified atom stereocenters. The number of aryl methyl sites for hydroxylation is 1. The summed E-state index contributed by atoms with van der Waals surface area (Å²) in [6.45, 7) is 10.7. The Labute approximate surface area is 164 Å². The number of aliphatic imine (C=N–C) groups is 1. The first-order chi connectivity index (χ1) is 12.9. The Morgan fingerprint density at radius 3 is 2.63 bits per heavy atom. The fourth-order valence-corrected chi connectivity index (χ4v) is 2.90. The quantitative estimate of drug-likeness (QED) is 0.315. The van der Waals surface area contributed by atoms with Crippen LogP contribution < -0.4 is 15.5 Å². The van der Waals surface area contributed by atoms with Crippen molar-refractivity contribution in [2.75, 3.05) is 62.8 Å². The molecule has 0 saturated heterocycles. The molecule has 0 bridgehead atoms. The number of nitrogens with one attached hydrogen (secondary N) is 2. The van der Waals surface area contributed by atoms with Crippen LogP contribution in [0.5, 0.6) is 0 Å². The van der Waals surface area contributed by atoms with E-state index in [-0.39, 0.29) is 12.4 Å². The Morgan fingerprint density at radius 1 is 1.22 bits per heavy atom. The van der Waals surface area contributed by atoms with Crippen molar-refractivity contribution in [3.05, 3.63) is 29.8 Å². The van der Waals surface area contributed by atoms with Gasteiger partial charge in [-0.05, 0) is 38.5 Å². The summed E-state index contributed by atoms with van der Waals surface area (Å²) < 4.78 is 27.4. The van der Waals surface area contributed by atoms with E-state index in [2.05, 4.69) is 58.6 Å². The van der Waals surface area contributed by atoms with Crippen LogP contribution in [0.25, 0.3) is 0 Å². The van der Waals surface area contributed by atoms with E-state index in [0.29, 0.717) is 13.2 Å². The van der Waals surface area contributed by atoms with E-state index in [4.69, 9.17) is 4.74 Å². The van der Waals surface area contributed by atoms with E-state index >= 15 is 0 Å². The fourth-order valence-electron chi connectivity index (χ4n) is 2.48. The Hall–Kier alpha value is -1.80. The maximum Gasteiger partial charge on any atom is 0.191 e. The maximum absolute atomic E-state index is 11.0. The van der Waals surface area contributed by atoms with Crippen molar-refractivity contribution < 1.29 is 13.2 Å². The van der Waals surface area contributed by atoms with Crippen LogP contribution in [0.2, 0.25) is 0 Å². The molecular weight excluding hydrogens is 364 g/mol. The van der Waals surface area contributed by atoms with Gasteiger partial charge in [0.1, 0.15) is 9.84 Å². The number of likely N-dealkylation sites (N-methyl/N-ethyl adjacent to an activating group) is 1. The molecule has 0 aliphatic carbocycles. The third kappa shape index (κ3) is 10.8. The summed E-state index contributed by atoms with van der Waals surface area (Å²) in [6.07, 6.45) is 1.21. The van der Waals surface area contributed by atoms with Gasteiger partial charge in [0.05, 0.1) is 25.5 Å². The Bertz CT molecular complexity index is 677. The zero-order chi connectivity index (χ0) is 20.1. The van der Waals surface area contributed by atoms with E-state index in [0.717, 1.165) is 32.1 Å². The van der Waals surface area contributed by atoms with Gasteiger partial charge in [0.25, 0.3) is 0 Å². The van der Waals surface area contributed by atoms with Gasteiger partial charge in [-0.3, -0.25) is 4.99 Å². The summed E-state index contributed by atoms with van der Waals surface area (Å²) >= 11 is 0. The van der Waals surface area contributed by atoms with Crippen molar-refractivity contribution in [1.82, 2.24) is 10.6 Å². The first-order valence-corrected chi connectivity index (χ1v) is 11.5. The Balaban J connectivity index is 2.40. The summed E-state index contributed by atoms with van der Waals surface area (Å²) in [5.41, 5.74) is 2.48. The predicted octanol–water partition coefficient (Wildman–Crippen LogP) is 1.44. The third-order valence-corrected chi connectivity index (χ3v) is 4.78. The molecule has 0 spiro atoms. The van der Waals surface area contributed by atoms with Gasteiger partial charge in [-0.15, -0.1) is 0 Å². The number of sulfone groups is 1. The summed E-state index contributed by atoms with van der Waals surface area (Å²) in [6, 6.07) is 8.50. The summed E-state index contributed by atoms with van der Waals surface area (Å²) in [4.78, 5) is 6.78. The molecule has 0 aliphatic rings. The topological polar surface area (TPSA) is 83.0 Å². The monoisotopic (exact) mass is 398 g/mol. The van der Waals surface area contributed by atoms with Crippen LogP contribution >= 0.6 is 0 Å². The molecule has 7 nitrogen and oxygen atoms in total. The number of anilines is 1. The second-order valence-electron chi connectivity index (χ2n) is 6.35. The van der Waals surface area contributed by atoms with Crippen molar-refractivity contribution in [2.24, 2.45) is 4.99 Å². The molecule has 8 heteroatoms. The molecule has 0 amide bonds. The van der Waals surface area contributed by atoms with Gasteiger partial charge < -0.3 is 20.3 Å². The van der Waals surface area contributed by atoms with Crippen molar-refractivity contribution in [2.45, 2.75) is 20.8 Å². The Morgan fingerprint density at radius 2 is 2.00 bits per heavy atom. The van der Waals surface area contributed by atoms with Gasteiger partial charge in [-0.25, -0.2) is 8.42 Å². The molecule has 0 heterocycles.